The number of aromatic nitrogens is 2. The molecule has 1 N–H and O–H groups in total. The molecule has 1 saturated heterocycles. The summed E-state index contributed by atoms with van der Waals surface area (Å²) in [6.45, 7) is 1.84. The number of carbonyl (C=O) groups is 1. The highest BCUT2D eigenvalue weighted by atomic mass is 19.1. The van der Waals surface area contributed by atoms with Crippen molar-refractivity contribution in [2.45, 2.75) is 25.5 Å². The smallest absolute Gasteiger partial charge is 0.260 e. The minimum atomic E-state index is -0.356. The average molecular weight is 406 g/mol. The number of piperidine rings is 1. The van der Waals surface area contributed by atoms with Gasteiger partial charge in [0.05, 0.1) is 18.2 Å². The molecule has 0 radical (unpaired) electrons. The molecule has 1 amide bonds. The van der Waals surface area contributed by atoms with E-state index in [9.17, 15) is 14.3 Å². The fourth-order valence-corrected chi connectivity index (χ4v) is 3.52. The Hall–Kier alpha value is -3.32. The van der Waals surface area contributed by atoms with Crippen LogP contribution in [-0.4, -0.2) is 40.2 Å². The normalized spacial score (nSPS) is 14.5. The predicted octanol–water partition coefficient (Wildman–Crippen LogP) is 3.42. The van der Waals surface area contributed by atoms with Gasteiger partial charge in [0.15, 0.2) is 0 Å². The van der Waals surface area contributed by atoms with Gasteiger partial charge in [0.25, 0.3) is 5.91 Å². The molecule has 0 spiro atoms. The van der Waals surface area contributed by atoms with Crippen LogP contribution in [0.2, 0.25) is 0 Å². The maximum Gasteiger partial charge on any atom is 0.260 e. The summed E-state index contributed by atoms with van der Waals surface area (Å²) in [5.41, 5.74) is 1.91. The van der Waals surface area contributed by atoms with Crippen molar-refractivity contribution in [3.63, 3.8) is 0 Å². The van der Waals surface area contributed by atoms with Crippen LogP contribution in [0.3, 0.4) is 0 Å². The van der Waals surface area contributed by atoms with Crippen LogP contribution in [0.1, 0.15) is 28.8 Å². The van der Waals surface area contributed by atoms with Gasteiger partial charge in [-0.1, -0.05) is 6.07 Å². The summed E-state index contributed by atoms with van der Waals surface area (Å²) in [4.78, 5) is 25.4. The van der Waals surface area contributed by atoms with E-state index >= 15 is 0 Å². The second kappa shape index (κ2) is 9.00. The number of hydrogen-bond acceptors (Lipinski definition) is 5. The number of aliphatic hydroxyl groups excluding tert-OH is 1. The molecule has 7 heteroatoms. The van der Waals surface area contributed by atoms with E-state index in [1.165, 1.54) is 18.3 Å². The van der Waals surface area contributed by atoms with Crippen LogP contribution >= 0.6 is 0 Å². The summed E-state index contributed by atoms with van der Waals surface area (Å²) in [7, 11) is 0. The molecule has 1 fully saturated rings. The molecule has 0 unspecified atom stereocenters. The van der Waals surface area contributed by atoms with E-state index in [0.717, 1.165) is 37.3 Å². The number of halogens is 1. The lowest BCUT2D eigenvalue weighted by atomic mass is 10.1. The molecule has 0 saturated carbocycles. The van der Waals surface area contributed by atoms with Crippen molar-refractivity contribution in [2.24, 2.45) is 0 Å². The average Bonchev–Trinajstić information content (AvgIpc) is 2.79. The van der Waals surface area contributed by atoms with Crippen molar-refractivity contribution < 1.29 is 14.3 Å². The Labute approximate surface area is 174 Å². The molecule has 1 aromatic carbocycles. The highest BCUT2D eigenvalue weighted by Gasteiger charge is 2.20. The lowest BCUT2D eigenvalue weighted by Crippen LogP contribution is -2.36. The van der Waals surface area contributed by atoms with Crippen LogP contribution in [0.25, 0.3) is 0 Å². The van der Waals surface area contributed by atoms with Crippen LogP contribution in [0.4, 0.5) is 15.9 Å². The van der Waals surface area contributed by atoms with Gasteiger partial charge in [0.1, 0.15) is 11.6 Å². The standard InChI is InChI=1S/C23H23FN4O2/c24-19-4-6-20(7-5-19)28(23(30)18-2-1-11-25-15-18)16-17-3-8-22(26-14-17)27-12-9-21(29)10-13-27/h1-8,11,14-15,21,29H,9-10,12-13,16H2. The van der Waals surface area contributed by atoms with Gasteiger partial charge in [0.2, 0.25) is 0 Å². The number of carbonyl (C=O) groups excluding carboxylic acids is 1. The maximum absolute atomic E-state index is 13.4. The zero-order valence-corrected chi connectivity index (χ0v) is 16.5. The van der Waals surface area contributed by atoms with E-state index in [-0.39, 0.29) is 17.8 Å². The molecule has 4 rings (SSSR count). The van der Waals surface area contributed by atoms with Gasteiger partial charge in [-0.3, -0.25) is 9.78 Å². The summed E-state index contributed by atoms with van der Waals surface area (Å²) >= 11 is 0. The monoisotopic (exact) mass is 406 g/mol. The van der Waals surface area contributed by atoms with Crippen molar-refractivity contribution in [3.8, 4) is 0 Å². The van der Waals surface area contributed by atoms with E-state index in [4.69, 9.17) is 0 Å². The van der Waals surface area contributed by atoms with E-state index in [2.05, 4.69) is 14.9 Å². The van der Waals surface area contributed by atoms with Gasteiger partial charge >= 0.3 is 0 Å². The summed E-state index contributed by atoms with van der Waals surface area (Å²) < 4.78 is 13.4. The predicted molar refractivity (Wildman–Crippen MR) is 113 cm³/mol. The molecule has 2 aromatic heterocycles. The van der Waals surface area contributed by atoms with E-state index in [1.807, 2.05) is 12.1 Å². The number of benzene rings is 1. The van der Waals surface area contributed by atoms with Gasteiger partial charge in [-0.2, -0.15) is 0 Å². The molecule has 1 aliphatic heterocycles. The molecule has 30 heavy (non-hydrogen) atoms. The third-order valence-electron chi connectivity index (χ3n) is 5.23. The van der Waals surface area contributed by atoms with Gasteiger partial charge in [-0.25, -0.2) is 9.37 Å². The van der Waals surface area contributed by atoms with Gasteiger partial charge in [0, 0.05) is 37.4 Å². The van der Waals surface area contributed by atoms with E-state index in [0.29, 0.717) is 17.8 Å². The summed E-state index contributed by atoms with van der Waals surface area (Å²) in [6, 6.07) is 13.1. The summed E-state index contributed by atoms with van der Waals surface area (Å²) in [6.07, 6.45) is 6.13. The Morgan fingerprint density at radius 1 is 1.10 bits per heavy atom. The number of rotatable bonds is 5. The molecule has 3 aromatic rings. The molecule has 154 valence electrons. The Bertz CT molecular complexity index is 972. The second-order valence-electron chi connectivity index (χ2n) is 7.35. The SMILES string of the molecule is O=C(c1cccnc1)N(Cc1ccc(N2CCC(O)CC2)nc1)c1ccc(F)cc1. The first-order chi connectivity index (χ1) is 14.6. The van der Waals surface area contributed by atoms with Crippen LogP contribution in [0, 0.1) is 5.82 Å². The number of nitrogens with zero attached hydrogens (tertiary/aromatic N) is 4. The molecule has 0 bridgehead atoms. The third kappa shape index (κ3) is 4.63. The Balaban J connectivity index is 1.55. The molecule has 0 atom stereocenters. The first kappa shape index (κ1) is 20.0. The quantitative estimate of drug-likeness (QED) is 0.703. The van der Waals surface area contributed by atoms with Crippen molar-refractivity contribution in [1.82, 2.24) is 9.97 Å². The van der Waals surface area contributed by atoms with Gasteiger partial charge < -0.3 is 14.9 Å². The maximum atomic E-state index is 13.4. The van der Waals surface area contributed by atoms with Crippen LogP contribution in [-0.2, 0) is 6.54 Å². The van der Waals surface area contributed by atoms with Crippen molar-refractivity contribution in [3.05, 3.63) is 84.1 Å². The summed E-state index contributed by atoms with van der Waals surface area (Å²) in [5.74, 6) is 0.284. The minimum absolute atomic E-state index is 0.219. The number of pyridine rings is 2. The molecule has 0 aliphatic carbocycles. The molecular formula is C23H23FN4O2. The first-order valence-corrected chi connectivity index (χ1v) is 9.95. The largest absolute Gasteiger partial charge is 0.393 e. The zero-order valence-electron chi connectivity index (χ0n) is 16.5. The van der Waals surface area contributed by atoms with Gasteiger partial charge in [-0.15, -0.1) is 0 Å². The highest BCUT2D eigenvalue weighted by Crippen LogP contribution is 2.22. The van der Waals surface area contributed by atoms with E-state index in [1.54, 1.807) is 41.6 Å². The van der Waals surface area contributed by atoms with Crippen molar-refractivity contribution >= 4 is 17.4 Å². The van der Waals surface area contributed by atoms with E-state index < -0.39 is 0 Å². The zero-order chi connectivity index (χ0) is 20.9. The van der Waals surface area contributed by atoms with Crippen LogP contribution < -0.4 is 9.80 Å². The Kier molecular flexibility index (Phi) is 5.99. The molecule has 6 nitrogen and oxygen atoms in total. The third-order valence-corrected chi connectivity index (χ3v) is 5.23. The molecular weight excluding hydrogens is 383 g/mol. The fraction of sp³-hybridized carbons (Fsp3) is 0.261. The number of aliphatic hydroxyl groups is 1. The van der Waals surface area contributed by atoms with Crippen molar-refractivity contribution in [1.29, 1.82) is 0 Å². The van der Waals surface area contributed by atoms with Crippen LogP contribution in [0.15, 0.2) is 67.1 Å². The lowest BCUT2D eigenvalue weighted by Gasteiger charge is -2.30. The minimum Gasteiger partial charge on any atom is -0.393 e. The van der Waals surface area contributed by atoms with Gasteiger partial charge in [-0.05, 0) is 60.9 Å². The fourth-order valence-electron chi connectivity index (χ4n) is 3.52. The lowest BCUT2D eigenvalue weighted by molar-refractivity contribution is 0.0984. The first-order valence-electron chi connectivity index (χ1n) is 9.95. The topological polar surface area (TPSA) is 69.6 Å². The second-order valence-corrected chi connectivity index (χ2v) is 7.35. The molecule has 1 aliphatic rings. The Morgan fingerprint density at radius 2 is 1.87 bits per heavy atom. The van der Waals surface area contributed by atoms with Crippen LogP contribution in [0.5, 0.6) is 0 Å². The Morgan fingerprint density at radius 3 is 2.50 bits per heavy atom. The summed E-state index contributed by atoms with van der Waals surface area (Å²) in [5, 5.41) is 9.68. The number of amides is 1. The number of anilines is 2. The number of hydrogen-bond donors (Lipinski definition) is 1. The van der Waals surface area contributed by atoms with Crippen molar-refractivity contribution in [2.75, 3.05) is 22.9 Å². The molecule has 3 heterocycles. The highest BCUT2D eigenvalue weighted by molar-refractivity contribution is 6.05.